The van der Waals surface area contributed by atoms with Crippen LogP contribution in [-0.2, 0) is 22.4 Å². The van der Waals surface area contributed by atoms with E-state index >= 15 is 0 Å². The Labute approximate surface area is 148 Å². The molecule has 2 atom stereocenters. The number of aryl methyl sites for hydroxylation is 1. The van der Waals surface area contributed by atoms with Gasteiger partial charge < -0.3 is 4.74 Å². The Morgan fingerprint density at radius 1 is 1.16 bits per heavy atom. The molecule has 130 valence electrons. The van der Waals surface area contributed by atoms with Crippen molar-refractivity contribution in [1.82, 2.24) is 4.90 Å². The molecule has 0 spiro atoms. The van der Waals surface area contributed by atoms with Crippen molar-refractivity contribution >= 4 is 12.0 Å². The number of hydrogen-bond donors (Lipinski definition) is 0. The molecule has 0 aliphatic carbocycles. The van der Waals surface area contributed by atoms with Gasteiger partial charge in [0.25, 0.3) is 0 Å². The molecule has 0 saturated carbocycles. The van der Waals surface area contributed by atoms with Crippen LogP contribution in [0.5, 0.6) is 0 Å². The van der Waals surface area contributed by atoms with Gasteiger partial charge in [0.1, 0.15) is 6.61 Å². The molecule has 0 aromatic heterocycles. The predicted molar refractivity (Wildman–Crippen MR) is 96.4 cm³/mol. The molecule has 3 rings (SSSR count). The first kappa shape index (κ1) is 17.2. The van der Waals surface area contributed by atoms with Crippen LogP contribution in [-0.4, -0.2) is 29.5 Å². The van der Waals surface area contributed by atoms with E-state index in [2.05, 4.69) is 6.92 Å². The number of rotatable bonds is 5. The summed E-state index contributed by atoms with van der Waals surface area (Å²) in [6, 6.07) is 17.5. The maximum absolute atomic E-state index is 13.1. The molecule has 1 saturated heterocycles. The lowest BCUT2D eigenvalue weighted by Crippen LogP contribution is -2.42. The number of amides is 2. The van der Waals surface area contributed by atoms with Crippen molar-refractivity contribution in [3.8, 4) is 0 Å². The van der Waals surface area contributed by atoms with Crippen molar-refractivity contribution in [2.45, 2.75) is 38.6 Å². The predicted octanol–water partition coefficient (Wildman–Crippen LogP) is 3.94. The van der Waals surface area contributed by atoms with Gasteiger partial charge in [-0.15, -0.1) is 0 Å². The molecule has 25 heavy (non-hydrogen) atoms. The van der Waals surface area contributed by atoms with Gasteiger partial charge in [-0.3, -0.25) is 4.79 Å². The third-order valence-electron chi connectivity index (χ3n) is 4.79. The molecule has 0 bridgehead atoms. The first-order chi connectivity index (χ1) is 12.1. The van der Waals surface area contributed by atoms with Crippen molar-refractivity contribution in [2.75, 3.05) is 6.61 Å². The van der Waals surface area contributed by atoms with E-state index in [4.69, 9.17) is 4.74 Å². The molecule has 1 aliphatic heterocycles. The molecule has 0 N–H and O–H groups in total. The third kappa shape index (κ3) is 3.58. The highest BCUT2D eigenvalue weighted by atomic mass is 16.6. The molecule has 2 unspecified atom stereocenters. The third-order valence-corrected chi connectivity index (χ3v) is 4.79. The first-order valence-electron chi connectivity index (χ1n) is 8.73. The van der Waals surface area contributed by atoms with Crippen molar-refractivity contribution < 1.29 is 14.3 Å². The molecule has 2 amide bonds. The molecular formula is C21H23NO3. The maximum atomic E-state index is 13.1. The number of carbonyl (C=O) groups is 2. The number of imide groups is 1. The Kier molecular flexibility index (Phi) is 5.17. The van der Waals surface area contributed by atoms with Crippen LogP contribution < -0.4 is 0 Å². The number of hydrogen-bond acceptors (Lipinski definition) is 3. The van der Waals surface area contributed by atoms with Crippen LogP contribution in [0.3, 0.4) is 0 Å². The summed E-state index contributed by atoms with van der Waals surface area (Å²) in [6.07, 6.45) is 0.929. The Hall–Kier alpha value is -2.62. The fourth-order valence-electron chi connectivity index (χ4n) is 3.39. The Morgan fingerprint density at radius 2 is 1.84 bits per heavy atom. The second-order valence-corrected chi connectivity index (χ2v) is 6.40. The highest BCUT2D eigenvalue weighted by Crippen LogP contribution is 2.27. The quantitative estimate of drug-likeness (QED) is 0.830. The number of ether oxygens (including phenoxy) is 1. The van der Waals surface area contributed by atoms with Crippen LogP contribution in [0.4, 0.5) is 4.79 Å². The summed E-state index contributed by atoms with van der Waals surface area (Å²) in [6.45, 7) is 4.18. The molecule has 2 aromatic rings. The average molecular weight is 337 g/mol. The van der Waals surface area contributed by atoms with Gasteiger partial charge in [0.15, 0.2) is 0 Å². The van der Waals surface area contributed by atoms with Gasteiger partial charge in [0.2, 0.25) is 5.91 Å². The van der Waals surface area contributed by atoms with E-state index < -0.39 is 6.09 Å². The van der Waals surface area contributed by atoms with Crippen LogP contribution in [0, 0.1) is 0 Å². The summed E-state index contributed by atoms with van der Waals surface area (Å²) in [7, 11) is 0. The Balaban J connectivity index is 1.82. The summed E-state index contributed by atoms with van der Waals surface area (Å²) < 4.78 is 5.18. The van der Waals surface area contributed by atoms with Gasteiger partial charge in [-0.25, -0.2) is 9.69 Å². The van der Waals surface area contributed by atoms with Gasteiger partial charge in [-0.1, -0.05) is 61.5 Å². The molecule has 4 nitrogen and oxygen atoms in total. The van der Waals surface area contributed by atoms with E-state index in [0.717, 1.165) is 23.1 Å². The van der Waals surface area contributed by atoms with Gasteiger partial charge in [0, 0.05) is 0 Å². The van der Waals surface area contributed by atoms with E-state index in [1.54, 1.807) is 0 Å². The van der Waals surface area contributed by atoms with Crippen LogP contribution in [0.1, 0.15) is 36.5 Å². The van der Waals surface area contributed by atoms with Crippen molar-refractivity contribution in [2.24, 2.45) is 0 Å². The second-order valence-electron chi connectivity index (χ2n) is 6.40. The summed E-state index contributed by atoms with van der Waals surface area (Å²) in [4.78, 5) is 26.5. The van der Waals surface area contributed by atoms with Crippen molar-refractivity contribution in [3.63, 3.8) is 0 Å². The zero-order chi connectivity index (χ0) is 17.8. The molecule has 1 heterocycles. The molecule has 4 heteroatoms. The van der Waals surface area contributed by atoms with Crippen LogP contribution in [0.15, 0.2) is 54.6 Å². The minimum Gasteiger partial charge on any atom is -0.447 e. The first-order valence-corrected chi connectivity index (χ1v) is 8.73. The minimum atomic E-state index is -0.535. The van der Waals surface area contributed by atoms with Gasteiger partial charge in [0.05, 0.1) is 12.0 Å². The van der Waals surface area contributed by atoms with Gasteiger partial charge in [-0.2, -0.15) is 0 Å². The molecule has 1 aliphatic rings. The molecule has 2 aromatic carbocycles. The van der Waals surface area contributed by atoms with Gasteiger partial charge >= 0.3 is 6.09 Å². The smallest absolute Gasteiger partial charge is 0.417 e. The van der Waals surface area contributed by atoms with E-state index in [0.29, 0.717) is 6.42 Å². The van der Waals surface area contributed by atoms with Gasteiger partial charge in [-0.05, 0) is 36.5 Å². The SMILES string of the molecule is CCc1ccccc1C(C)C(=O)N1C(=O)OCC1Cc1ccccc1. The summed E-state index contributed by atoms with van der Waals surface area (Å²) in [5, 5.41) is 0. The number of carbonyl (C=O) groups excluding carboxylic acids is 2. The summed E-state index contributed by atoms with van der Waals surface area (Å²) in [5.41, 5.74) is 3.20. The monoisotopic (exact) mass is 337 g/mol. The standard InChI is InChI=1S/C21H23NO3/c1-3-17-11-7-8-12-19(17)15(2)20(23)22-18(14-25-21(22)24)13-16-9-5-4-6-10-16/h4-12,15,18H,3,13-14H2,1-2H3. The molecular weight excluding hydrogens is 314 g/mol. The zero-order valence-corrected chi connectivity index (χ0v) is 14.6. The summed E-state index contributed by atoms with van der Waals surface area (Å²) >= 11 is 0. The lowest BCUT2D eigenvalue weighted by Gasteiger charge is -2.24. The van der Waals surface area contributed by atoms with E-state index in [9.17, 15) is 9.59 Å². The highest BCUT2D eigenvalue weighted by Gasteiger charge is 2.40. The number of benzene rings is 2. The fourth-order valence-corrected chi connectivity index (χ4v) is 3.39. The van der Waals surface area contributed by atoms with Crippen LogP contribution in [0.2, 0.25) is 0 Å². The maximum Gasteiger partial charge on any atom is 0.417 e. The largest absolute Gasteiger partial charge is 0.447 e. The Bertz CT molecular complexity index is 757. The molecule has 0 radical (unpaired) electrons. The molecule has 1 fully saturated rings. The van der Waals surface area contributed by atoms with Crippen molar-refractivity contribution in [3.05, 3.63) is 71.3 Å². The lowest BCUT2D eigenvalue weighted by molar-refractivity contribution is -0.130. The van der Waals surface area contributed by atoms with E-state index in [-0.39, 0.29) is 24.5 Å². The highest BCUT2D eigenvalue weighted by molar-refractivity contribution is 5.97. The normalized spacial score (nSPS) is 18.1. The van der Waals surface area contributed by atoms with Crippen molar-refractivity contribution in [1.29, 1.82) is 0 Å². The Morgan fingerprint density at radius 3 is 2.56 bits per heavy atom. The topological polar surface area (TPSA) is 46.6 Å². The fraction of sp³-hybridized carbons (Fsp3) is 0.333. The van der Waals surface area contributed by atoms with Crippen LogP contribution in [0.25, 0.3) is 0 Å². The summed E-state index contributed by atoms with van der Waals surface area (Å²) in [5.74, 6) is -0.565. The average Bonchev–Trinajstić information content (AvgIpc) is 3.01. The lowest BCUT2D eigenvalue weighted by atomic mass is 9.92. The van der Waals surface area contributed by atoms with E-state index in [1.165, 1.54) is 4.90 Å². The number of cyclic esters (lactones) is 1. The zero-order valence-electron chi connectivity index (χ0n) is 14.6. The van der Waals surface area contributed by atoms with Crippen LogP contribution >= 0.6 is 0 Å². The number of nitrogens with zero attached hydrogens (tertiary/aromatic N) is 1. The second kappa shape index (κ2) is 7.51. The minimum absolute atomic E-state index is 0.190. The van der Waals surface area contributed by atoms with E-state index in [1.807, 2.05) is 61.5 Å².